The molecular weight excluding hydrogens is 378 g/mol. The summed E-state index contributed by atoms with van der Waals surface area (Å²) in [6, 6.07) is 12.0. The van der Waals surface area contributed by atoms with Crippen LogP contribution in [-0.4, -0.2) is 44.4 Å². The Morgan fingerprint density at radius 3 is 2.54 bits per heavy atom. The molecule has 28 heavy (non-hydrogen) atoms. The highest BCUT2D eigenvalue weighted by Gasteiger charge is 2.24. The van der Waals surface area contributed by atoms with E-state index in [1.54, 1.807) is 0 Å². The first-order valence-electron chi connectivity index (χ1n) is 8.78. The van der Waals surface area contributed by atoms with Crippen LogP contribution >= 0.6 is 0 Å². The molecule has 0 spiro atoms. The molecule has 1 heterocycles. The van der Waals surface area contributed by atoms with Crippen LogP contribution in [0.5, 0.6) is 5.75 Å². The van der Waals surface area contributed by atoms with E-state index in [4.69, 9.17) is 4.74 Å². The van der Waals surface area contributed by atoms with Crippen molar-refractivity contribution < 1.29 is 17.9 Å². The maximum Gasteiger partial charge on any atom is 0.255 e. The van der Waals surface area contributed by atoms with Gasteiger partial charge in [-0.3, -0.25) is 4.79 Å². The topological polar surface area (TPSA) is 80.6 Å². The average Bonchev–Trinajstić information content (AvgIpc) is 3.09. The Bertz CT molecular complexity index is 1130. The largest absolute Gasteiger partial charge is 0.495 e. The molecule has 3 aromatic rings. The molecule has 0 saturated heterocycles. The number of amides is 1. The van der Waals surface area contributed by atoms with Crippen LogP contribution in [0.4, 0.5) is 5.69 Å². The summed E-state index contributed by atoms with van der Waals surface area (Å²) in [4.78, 5) is 12.6. The van der Waals surface area contributed by atoms with E-state index in [9.17, 15) is 13.2 Å². The molecule has 0 aliphatic heterocycles. The fraction of sp³-hybridized carbons (Fsp3) is 0.250. The number of aromatic nitrogens is 1. The third-order valence-corrected chi connectivity index (χ3v) is 6.39. The number of nitrogens with zero attached hydrogens (tertiary/aromatic N) is 2. The monoisotopic (exact) mass is 401 g/mol. The molecule has 0 unspecified atom stereocenters. The molecule has 148 valence electrons. The molecule has 7 nitrogen and oxygen atoms in total. The van der Waals surface area contributed by atoms with Gasteiger partial charge in [0.05, 0.1) is 7.11 Å². The summed E-state index contributed by atoms with van der Waals surface area (Å²) in [6.45, 7) is 2.93. The number of nitrogens with one attached hydrogen (secondary N) is 1. The van der Waals surface area contributed by atoms with Crippen molar-refractivity contribution in [3.05, 3.63) is 54.2 Å². The van der Waals surface area contributed by atoms with Gasteiger partial charge >= 0.3 is 0 Å². The number of carbonyl (C=O) groups excluding carboxylic acids is 1. The van der Waals surface area contributed by atoms with E-state index in [-0.39, 0.29) is 16.2 Å². The Hall–Kier alpha value is -2.84. The summed E-state index contributed by atoms with van der Waals surface area (Å²) in [5.74, 6) is -0.209. The number of aryl methyl sites for hydroxylation is 1. The quantitative estimate of drug-likeness (QED) is 0.688. The number of fused-ring (bicyclic) bond motifs is 1. The van der Waals surface area contributed by atoms with E-state index in [2.05, 4.69) is 16.8 Å². The minimum Gasteiger partial charge on any atom is -0.495 e. The predicted octanol–water partition coefficient (Wildman–Crippen LogP) is 3.17. The van der Waals surface area contributed by atoms with Gasteiger partial charge in [-0.25, -0.2) is 12.7 Å². The maximum absolute atomic E-state index is 12.7. The molecule has 1 N–H and O–H groups in total. The number of sulfonamides is 1. The van der Waals surface area contributed by atoms with Crippen molar-refractivity contribution >= 4 is 32.5 Å². The van der Waals surface area contributed by atoms with E-state index in [0.29, 0.717) is 5.69 Å². The summed E-state index contributed by atoms with van der Waals surface area (Å²) in [5.41, 5.74) is 1.95. The normalized spacial score (nSPS) is 11.8. The van der Waals surface area contributed by atoms with Gasteiger partial charge in [-0.15, -0.1) is 0 Å². The van der Waals surface area contributed by atoms with Crippen LogP contribution in [0.3, 0.4) is 0 Å². The first-order chi connectivity index (χ1) is 13.3. The van der Waals surface area contributed by atoms with Crippen molar-refractivity contribution in [3.63, 3.8) is 0 Å². The third kappa shape index (κ3) is 3.61. The molecule has 0 bridgehead atoms. The molecule has 0 fully saturated rings. The lowest BCUT2D eigenvalue weighted by molar-refractivity contribution is 0.102. The van der Waals surface area contributed by atoms with Gasteiger partial charge in [-0.2, -0.15) is 0 Å². The first kappa shape index (κ1) is 19.9. The Balaban J connectivity index is 1.92. The average molecular weight is 401 g/mol. The van der Waals surface area contributed by atoms with Crippen LogP contribution in [0.1, 0.15) is 17.3 Å². The maximum atomic E-state index is 12.7. The summed E-state index contributed by atoms with van der Waals surface area (Å²) in [7, 11) is 0.498. The minimum atomic E-state index is -3.75. The molecule has 1 amide bonds. The van der Waals surface area contributed by atoms with Crippen LogP contribution < -0.4 is 10.1 Å². The number of benzene rings is 2. The van der Waals surface area contributed by atoms with E-state index >= 15 is 0 Å². The van der Waals surface area contributed by atoms with Crippen LogP contribution in [0, 0.1) is 0 Å². The number of hydrogen-bond acceptors (Lipinski definition) is 4. The van der Waals surface area contributed by atoms with E-state index in [1.165, 1.54) is 39.4 Å². The van der Waals surface area contributed by atoms with Gasteiger partial charge in [0.2, 0.25) is 10.0 Å². The Morgan fingerprint density at radius 1 is 1.14 bits per heavy atom. The van der Waals surface area contributed by atoms with Gasteiger partial charge < -0.3 is 14.6 Å². The lowest BCUT2D eigenvalue weighted by Gasteiger charge is -2.15. The minimum absolute atomic E-state index is 0.0527. The fourth-order valence-corrected chi connectivity index (χ4v) is 4.05. The van der Waals surface area contributed by atoms with E-state index in [1.807, 2.05) is 30.5 Å². The van der Waals surface area contributed by atoms with Crippen molar-refractivity contribution in [2.24, 2.45) is 0 Å². The fourth-order valence-electron chi connectivity index (χ4n) is 2.97. The second-order valence-electron chi connectivity index (χ2n) is 6.48. The van der Waals surface area contributed by atoms with Crippen molar-refractivity contribution in [1.29, 1.82) is 0 Å². The molecule has 0 aliphatic rings. The third-order valence-electron chi connectivity index (χ3n) is 4.55. The summed E-state index contributed by atoms with van der Waals surface area (Å²) < 4.78 is 33.4. The molecule has 0 atom stereocenters. The van der Waals surface area contributed by atoms with Crippen molar-refractivity contribution in [1.82, 2.24) is 8.87 Å². The highest BCUT2D eigenvalue weighted by Crippen LogP contribution is 2.27. The summed E-state index contributed by atoms with van der Waals surface area (Å²) >= 11 is 0. The van der Waals surface area contributed by atoms with Crippen LogP contribution in [-0.2, 0) is 16.6 Å². The van der Waals surface area contributed by atoms with E-state index < -0.39 is 15.9 Å². The highest BCUT2D eigenvalue weighted by molar-refractivity contribution is 7.89. The van der Waals surface area contributed by atoms with Crippen LogP contribution in [0.25, 0.3) is 10.9 Å². The van der Waals surface area contributed by atoms with Crippen molar-refractivity contribution in [3.8, 4) is 5.75 Å². The molecule has 3 rings (SSSR count). The SMILES string of the molecule is CCn1ccc2cc(NC(=O)c3ccc(OC)c(S(=O)(=O)N(C)C)c3)ccc21. The van der Waals surface area contributed by atoms with Crippen molar-refractivity contribution in [2.45, 2.75) is 18.4 Å². The Morgan fingerprint density at radius 2 is 1.89 bits per heavy atom. The second-order valence-corrected chi connectivity index (χ2v) is 8.60. The number of methoxy groups -OCH3 is 1. The van der Waals surface area contributed by atoms with Crippen molar-refractivity contribution in [2.75, 3.05) is 26.5 Å². The first-order valence-corrected chi connectivity index (χ1v) is 10.2. The summed E-state index contributed by atoms with van der Waals surface area (Å²) in [6.07, 6.45) is 2.00. The Kier molecular flexibility index (Phi) is 5.44. The number of carbonyl (C=O) groups is 1. The number of ether oxygens (including phenoxy) is 1. The second kappa shape index (κ2) is 7.65. The Labute approximate surface area is 164 Å². The van der Waals surface area contributed by atoms with Gasteiger partial charge in [-0.1, -0.05) is 0 Å². The zero-order valence-electron chi connectivity index (χ0n) is 16.3. The molecule has 2 aromatic carbocycles. The van der Waals surface area contributed by atoms with E-state index in [0.717, 1.165) is 21.8 Å². The predicted molar refractivity (Wildman–Crippen MR) is 109 cm³/mol. The molecule has 0 saturated carbocycles. The van der Waals surface area contributed by atoms with Crippen LogP contribution in [0.15, 0.2) is 53.6 Å². The molecule has 1 aromatic heterocycles. The molecule has 0 radical (unpaired) electrons. The number of anilines is 1. The zero-order chi connectivity index (χ0) is 20.5. The van der Waals surface area contributed by atoms with Gasteiger partial charge in [0, 0.05) is 49.0 Å². The number of hydrogen-bond donors (Lipinski definition) is 1. The molecule has 0 aliphatic carbocycles. The standard InChI is InChI=1S/C20H23N3O4S/c1-5-23-11-10-14-12-16(7-8-17(14)23)21-20(24)15-6-9-18(27-4)19(13-15)28(25,26)22(2)3/h6-13H,5H2,1-4H3,(H,21,24). The zero-order valence-corrected chi connectivity index (χ0v) is 17.1. The highest BCUT2D eigenvalue weighted by atomic mass is 32.2. The van der Waals surface area contributed by atoms with Gasteiger partial charge in [-0.05, 0) is 49.4 Å². The lowest BCUT2D eigenvalue weighted by Crippen LogP contribution is -2.23. The van der Waals surface area contributed by atoms with Gasteiger partial charge in [0.1, 0.15) is 10.6 Å². The van der Waals surface area contributed by atoms with Crippen LogP contribution in [0.2, 0.25) is 0 Å². The smallest absolute Gasteiger partial charge is 0.255 e. The molecule has 8 heteroatoms. The van der Waals surface area contributed by atoms with Gasteiger partial charge in [0.25, 0.3) is 5.91 Å². The molecular formula is C20H23N3O4S. The van der Waals surface area contributed by atoms with Gasteiger partial charge in [0.15, 0.2) is 0 Å². The summed E-state index contributed by atoms with van der Waals surface area (Å²) in [5, 5.41) is 3.84. The number of rotatable bonds is 6. The lowest BCUT2D eigenvalue weighted by atomic mass is 10.2.